The monoisotopic (exact) mass is 359 g/mol. The van der Waals surface area contributed by atoms with Gasteiger partial charge in [-0.15, -0.1) is 0 Å². The lowest BCUT2D eigenvalue weighted by molar-refractivity contribution is -0.153. The first kappa shape index (κ1) is 18.9. The van der Waals surface area contributed by atoms with Gasteiger partial charge in [0, 0.05) is 24.8 Å². The minimum absolute atomic E-state index is 0.00608. The van der Waals surface area contributed by atoms with Gasteiger partial charge in [-0.1, -0.05) is 25.5 Å². The van der Waals surface area contributed by atoms with Crippen molar-refractivity contribution in [2.45, 2.75) is 64.2 Å². The van der Waals surface area contributed by atoms with E-state index in [1.165, 1.54) is 13.5 Å². The van der Waals surface area contributed by atoms with E-state index in [1.54, 1.807) is 19.1 Å². The molecule has 5 nitrogen and oxygen atoms in total. The van der Waals surface area contributed by atoms with Gasteiger partial charge in [-0.2, -0.15) is 0 Å². The number of nitrogens with one attached hydrogen (secondary N) is 1. The molecule has 3 rings (SSSR count). The van der Waals surface area contributed by atoms with E-state index in [-0.39, 0.29) is 29.6 Å². The van der Waals surface area contributed by atoms with Gasteiger partial charge in [-0.25, -0.2) is 4.79 Å². The standard InChI is InChI=1S/C21H29NO4/c1-13-5-10-17-18(11-13)26-19(12-21(17,3)22-14(2)23)15-6-8-16(9-7-15)20(24)25-4/h6-9,13,17-19H,5,10-12H2,1-4H3,(H,22,23)/t13-,17-,18-,19-,21-/m1/s1. The molecule has 142 valence electrons. The number of hydrogen-bond donors (Lipinski definition) is 1. The minimum atomic E-state index is -0.342. The normalized spacial score (nSPS) is 33.8. The van der Waals surface area contributed by atoms with Crippen molar-refractivity contribution < 1.29 is 19.1 Å². The Morgan fingerprint density at radius 2 is 1.92 bits per heavy atom. The number of fused-ring (bicyclic) bond motifs is 1. The first-order valence-corrected chi connectivity index (χ1v) is 9.45. The number of carbonyl (C=O) groups excluding carboxylic acids is 2. The van der Waals surface area contributed by atoms with Crippen LogP contribution in [0.15, 0.2) is 24.3 Å². The molecule has 1 saturated heterocycles. The molecular weight excluding hydrogens is 330 g/mol. The largest absolute Gasteiger partial charge is 0.465 e. The molecule has 0 aromatic heterocycles. The molecule has 1 aliphatic heterocycles. The highest BCUT2D eigenvalue weighted by atomic mass is 16.5. The summed E-state index contributed by atoms with van der Waals surface area (Å²) in [5.74, 6) is 0.642. The van der Waals surface area contributed by atoms with Crippen molar-refractivity contribution >= 4 is 11.9 Å². The van der Waals surface area contributed by atoms with Gasteiger partial charge in [0.15, 0.2) is 0 Å². The van der Waals surface area contributed by atoms with Gasteiger partial charge < -0.3 is 14.8 Å². The van der Waals surface area contributed by atoms with Gasteiger partial charge in [0.25, 0.3) is 0 Å². The molecule has 0 bridgehead atoms. The van der Waals surface area contributed by atoms with Crippen molar-refractivity contribution in [3.05, 3.63) is 35.4 Å². The molecule has 0 spiro atoms. The van der Waals surface area contributed by atoms with E-state index in [2.05, 4.69) is 19.2 Å². The molecule has 1 aromatic rings. The predicted octanol–water partition coefficient (Wildman–Crippen LogP) is 3.63. The van der Waals surface area contributed by atoms with Crippen molar-refractivity contribution in [2.24, 2.45) is 11.8 Å². The van der Waals surface area contributed by atoms with Crippen LogP contribution in [-0.2, 0) is 14.3 Å². The number of esters is 1. The summed E-state index contributed by atoms with van der Waals surface area (Å²) in [5.41, 5.74) is 1.28. The Morgan fingerprint density at radius 1 is 1.23 bits per heavy atom. The van der Waals surface area contributed by atoms with Gasteiger partial charge in [0.1, 0.15) is 0 Å². The van der Waals surface area contributed by atoms with Crippen LogP contribution in [0.4, 0.5) is 0 Å². The average Bonchev–Trinajstić information content (AvgIpc) is 2.59. The van der Waals surface area contributed by atoms with E-state index in [0.717, 1.165) is 24.8 Å². The molecule has 1 amide bonds. The zero-order valence-electron chi connectivity index (χ0n) is 16.1. The second-order valence-electron chi connectivity index (χ2n) is 8.10. The summed E-state index contributed by atoms with van der Waals surface area (Å²) in [6.45, 7) is 6.01. The quantitative estimate of drug-likeness (QED) is 0.837. The molecule has 0 unspecified atom stereocenters. The van der Waals surface area contributed by atoms with Crippen molar-refractivity contribution in [2.75, 3.05) is 7.11 Å². The van der Waals surface area contributed by atoms with E-state index in [0.29, 0.717) is 17.4 Å². The lowest BCUT2D eigenvalue weighted by Gasteiger charge is -2.52. The molecule has 26 heavy (non-hydrogen) atoms. The summed E-state index contributed by atoms with van der Waals surface area (Å²) in [7, 11) is 1.38. The maximum Gasteiger partial charge on any atom is 0.337 e. The maximum absolute atomic E-state index is 11.8. The topological polar surface area (TPSA) is 64.6 Å². The first-order chi connectivity index (χ1) is 12.3. The first-order valence-electron chi connectivity index (χ1n) is 9.45. The van der Waals surface area contributed by atoms with Gasteiger partial charge in [-0.05, 0) is 43.4 Å². The van der Waals surface area contributed by atoms with E-state index in [4.69, 9.17) is 9.47 Å². The Balaban J connectivity index is 1.85. The number of benzene rings is 1. The average molecular weight is 359 g/mol. The molecule has 1 heterocycles. The van der Waals surface area contributed by atoms with Crippen LogP contribution in [0.1, 0.15) is 68.5 Å². The van der Waals surface area contributed by atoms with Crippen LogP contribution in [0, 0.1) is 11.8 Å². The van der Waals surface area contributed by atoms with E-state index in [9.17, 15) is 9.59 Å². The van der Waals surface area contributed by atoms with Crippen molar-refractivity contribution in [3.63, 3.8) is 0 Å². The van der Waals surface area contributed by atoms with Crippen molar-refractivity contribution in [3.8, 4) is 0 Å². The fraction of sp³-hybridized carbons (Fsp3) is 0.619. The fourth-order valence-electron chi connectivity index (χ4n) is 4.70. The number of hydrogen-bond acceptors (Lipinski definition) is 4. The van der Waals surface area contributed by atoms with Gasteiger partial charge in [0.05, 0.1) is 24.9 Å². The van der Waals surface area contributed by atoms with Crippen molar-refractivity contribution in [1.82, 2.24) is 5.32 Å². The summed E-state index contributed by atoms with van der Waals surface area (Å²) < 4.78 is 11.2. The van der Waals surface area contributed by atoms with Crippen LogP contribution in [-0.4, -0.2) is 30.6 Å². The van der Waals surface area contributed by atoms with Crippen LogP contribution in [0.5, 0.6) is 0 Å². The zero-order valence-corrected chi connectivity index (χ0v) is 16.1. The molecule has 1 aromatic carbocycles. The number of rotatable bonds is 3. The number of methoxy groups -OCH3 is 1. The third-order valence-corrected chi connectivity index (χ3v) is 5.99. The molecular formula is C21H29NO4. The number of carbonyl (C=O) groups is 2. The van der Waals surface area contributed by atoms with Crippen molar-refractivity contribution in [1.29, 1.82) is 0 Å². The molecule has 5 heteroatoms. The van der Waals surface area contributed by atoms with Crippen LogP contribution in [0.2, 0.25) is 0 Å². The third kappa shape index (κ3) is 3.78. The van der Waals surface area contributed by atoms with E-state index in [1.807, 2.05) is 12.1 Å². The third-order valence-electron chi connectivity index (χ3n) is 5.99. The highest BCUT2D eigenvalue weighted by Gasteiger charge is 2.49. The lowest BCUT2D eigenvalue weighted by atomic mass is 9.66. The Hall–Kier alpha value is -1.88. The number of ether oxygens (including phenoxy) is 2. The highest BCUT2D eigenvalue weighted by Crippen LogP contribution is 2.47. The van der Waals surface area contributed by atoms with Crippen LogP contribution in [0.3, 0.4) is 0 Å². The minimum Gasteiger partial charge on any atom is -0.465 e. The Bertz CT molecular complexity index is 671. The van der Waals surface area contributed by atoms with Gasteiger partial charge in [0.2, 0.25) is 5.91 Å². The fourth-order valence-corrected chi connectivity index (χ4v) is 4.70. The predicted molar refractivity (Wildman–Crippen MR) is 98.7 cm³/mol. The Morgan fingerprint density at radius 3 is 2.54 bits per heavy atom. The van der Waals surface area contributed by atoms with E-state index >= 15 is 0 Å². The van der Waals surface area contributed by atoms with E-state index < -0.39 is 0 Å². The summed E-state index contributed by atoms with van der Waals surface area (Å²) in [4.78, 5) is 23.5. The Kier molecular flexibility index (Phi) is 5.37. The van der Waals surface area contributed by atoms with Crippen LogP contribution < -0.4 is 5.32 Å². The van der Waals surface area contributed by atoms with Gasteiger partial charge in [-0.3, -0.25) is 4.79 Å². The summed E-state index contributed by atoms with van der Waals surface area (Å²) in [6.07, 6.45) is 4.07. The molecule has 1 saturated carbocycles. The molecule has 2 aliphatic rings. The zero-order chi connectivity index (χ0) is 18.9. The van der Waals surface area contributed by atoms with Gasteiger partial charge >= 0.3 is 5.97 Å². The summed E-state index contributed by atoms with van der Waals surface area (Å²) in [5, 5.41) is 3.22. The second-order valence-corrected chi connectivity index (χ2v) is 8.10. The molecule has 0 radical (unpaired) electrons. The van der Waals surface area contributed by atoms with Crippen LogP contribution >= 0.6 is 0 Å². The molecule has 1 N–H and O–H groups in total. The lowest BCUT2D eigenvalue weighted by Crippen LogP contribution is -2.60. The maximum atomic E-state index is 11.8. The van der Waals surface area contributed by atoms with Crippen LogP contribution in [0.25, 0.3) is 0 Å². The summed E-state index contributed by atoms with van der Waals surface area (Å²) >= 11 is 0. The Labute approximate surface area is 155 Å². The number of amides is 1. The smallest absolute Gasteiger partial charge is 0.337 e. The second kappa shape index (κ2) is 7.39. The molecule has 2 fully saturated rings. The molecule has 1 aliphatic carbocycles. The highest BCUT2D eigenvalue weighted by molar-refractivity contribution is 5.89. The summed E-state index contributed by atoms with van der Waals surface area (Å²) in [6, 6.07) is 7.40. The SMILES string of the molecule is COC(=O)c1ccc([C@H]2C[C@@](C)(NC(C)=O)[C@@H]3CC[C@@H](C)C[C@H]3O2)cc1. The molecule has 5 atom stereocenters.